The highest BCUT2D eigenvalue weighted by Crippen LogP contribution is 2.26. The first kappa shape index (κ1) is 19.3. The number of benzene rings is 2. The summed E-state index contributed by atoms with van der Waals surface area (Å²) in [5.74, 6) is -0.987. The summed E-state index contributed by atoms with van der Waals surface area (Å²) in [6, 6.07) is 14.4. The molecule has 3 rings (SSSR count). The van der Waals surface area contributed by atoms with Crippen molar-refractivity contribution in [1.29, 1.82) is 0 Å². The first-order valence-electron chi connectivity index (χ1n) is 8.59. The van der Waals surface area contributed by atoms with Crippen LogP contribution in [0, 0.1) is 0 Å². The van der Waals surface area contributed by atoms with Gasteiger partial charge in [-0.15, -0.1) is 0 Å². The third-order valence-corrected chi connectivity index (χ3v) is 4.91. The van der Waals surface area contributed by atoms with Crippen molar-refractivity contribution >= 4 is 33.7 Å². The monoisotopic (exact) mass is 430 g/mol. The van der Waals surface area contributed by atoms with E-state index in [-0.39, 0.29) is 43.8 Å². The second-order valence-corrected chi connectivity index (χ2v) is 7.14. The number of nitrogens with zero attached hydrogens (tertiary/aromatic N) is 2. The molecule has 0 spiro atoms. The highest BCUT2D eigenvalue weighted by molar-refractivity contribution is 9.10. The molecule has 1 aliphatic rings. The zero-order valence-electron chi connectivity index (χ0n) is 14.6. The number of aliphatic hydroxyl groups is 1. The van der Waals surface area contributed by atoms with Crippen molar-refractivity contribution in [3.05, 3.63) is 69.7 Å². The van der Waals surface area contributed by atoms with Gasteiger partial charge in [0.1, 0.15) is 0 Å². The van der Waals surface area contributed by atoms with E-state index in [0.29, 0.717) is 17.7 Å². The van der Waals surface area contributed by atoms with E-state index in [4.69, 9.17) is 0 Å². The SMILES string of the molecule is O=C(CCN1C(=O)c2ccc(Br)cc2C1=O)N(CCO)Cc1ccccc1. The van der Waals surface area contributed by atoms with Crippen molar-refractivity contribution in [3.8, 4) is 0 Å². The van der Waals surface area contributed by atoms with Crippen LogP contribution in [0.4, 0.5) is 0 Å². The fourth-order valence-corrected chi connectivity index (χ4v) is 3.41. The van der Waals surface area contributed by atoms with Crippen molar-refractivity contribution in [1.82, 2.24) is 9.80 Å². The Labute approximate surface area is 165 Å². The Hall–Kier alpha value is -2.51. The molecule has 0 aromatic heterocycles. The molecule has 0 bridgehead atoms. The van der Waals surface area contributed by atoms with E-state index < -0.39 is 0 Å². The Morgan fingerprint density at radius 2 is 1.74 bits per heavy atom. The van der Waals surface area contributed by atoms with Crippen LogP contribution in [0.5, 0.6) is 0 Å². The number of fused-ring (bicyclic) bond motifs is 1. The smallest absolute Gasteiger partial charge is 0.261 e. The van der Waals surface area contributed by atoms with E-state index in [1.165, 1.54) is 4.90 Å². The number of carbonyl (C=O) groups is 3. The Bertz CT molecular complexity index is 870. The summed E-state index contributed by atoms with van der Waals surface area (Å²) in [4.78, 5) is 40.2. The van der Waals surface area contributed by atoms with Crippen LogP contribution in [-0.2, 0) is 11.3 Å². The summed E-state index contributed by atoms with van der Waals surface area (Å²) in [5, 5.41) is 9.25. The van der Waals surface area contributed by atoms with Crippen molar-refractivity contribution in [3.63, 3.8) is 0 Å². The van der Waals surface area contributed by atoms with Crippen molar-refractivity contribution in [2.75, 3.05) is 19.7 Å². The number of hydrogen-bond acceptors (Lipinski definition) is 4. The van der Waals surface area contributed by atoms with Gasteiger partial charge >= 0.3 is 0 Å². The zero-order chi connectivity index (χ0) is 19.4. The maximum Gasteiger partial charge on any atom is 0.261 e. The van der Waals surface area contributed by atoms with Gasteiger partial charge in [-0.2, -0.15) is 0 Å². The van der Waals surface area contributed by atoms with Crippen molar-refractivity contribution in [2.24, 2.45) is 0 Å². The Kier molecular flexibility index (Phi) is 6.03. The molecule has 3 amide bonds. The molecule has 1 aliphatic heterocycles. The summed E-state index contributed by atoms with van der Waals surface area (Å²) < 4.78 is 0.720. The molecule has 2 aromatic carbocycles. The highest BCUT2D eigenvalue weighted by Gasteiger charge is 2.35. The quantitative estimate of drug-likeness (QED) is 0.684. The van der Waals surface area contributed by atoms with E-state index in [2.05, 4.69) is 15.9 Å². The van der Waals surface area contributed by atoms with Crippen LogP contribution in [0.3, 0.4) is 0 Å². The molecule has 27 heavy (non-hydrogen) atoms. The maximum absolute atomic E-state index is 12.6. The van der Waals surface area contributed by atoms with Crippen LogP contribution in [-0.4, -0.2) is 52.3 Å². The van der Waals surface area contributed by atoms with Gasteiger partial charge < -0.3 is 10.0 Å². The van der Waals surface area contributed by atoms with Gasteiger partial charge in [0, 0.05) is 30.5 Å². The minimum atomic E-state index is -0.388. The minimum absolute atomic E-state index is 0.0134. The number of imide groups is 1. The van der Waals surface area contributed by atoms with Crippen LogP contribution >= 0.6 is 15.9 Å². The van der Waals surface area contributed by atoms with Gasteiger partial charge in [0.2, 0.25) is 5.91 Å². The lowest BCUT2D eigenvalue weighted by molar-refractivity contribution is -0.132. The number of carbonyl (C=O) groups excluding carboxylic acids is 3. The van der Waals surface area contributed by atoms with Crippen LogP contribution in [0.2, 0.25) is 0 Å². The second kappa shape index (κ2) is 8.45. The summed E-state index contributed by atoms with van der Waals surface area (Å²) in [5.41, 5.74) is 1.65. The molecule has 0 unspecified atom stereocenters. The van der Waals surface area contributed by atoms with E-state index in [9.17, 15) is 19.5 Å². The molecular formula is C20H19BrN2O4. The number of aliphatic hydroxyl groups excluding tert-OH is 1. The standard InChI is InChI=1S/C20H19BrN2O4/c21-15-6-7-16-17(12-15)20(27)23(19(16)26)9-8-18(25)22(10-11-24)13-14-4-2-1-3-5-14/h1-7,12,24H,8-11,13H2. The van der Waals surface area contributed by atoms with Gasteiger partial charge in [0.15, 0.2) is 0 Å². The Balaban J connectivity index is 1.65. The first-order valence-corrected chi connectivity index (χ1v) is 9.39. The Morgan fingerprint density at radius 3 is 2.44 bits per heavy atom. The minimum Gasteiger partial charge on any atom is -0.395 e. The second-order valence-electron chi connectivity index (χ2n) is 6.23. The first-order chi connectivity index (χ1) is 13.0. The normalized spacial score (nSPS) is 13.0. The van der Waals surface area contributed by atoms with Gasteiger partial charge in [-0.05, 0) is 23.8 Å². The molecule has 7 heteroatoms. The summed E-state index contributed by atoms with van der Waals surface area (Å²) >= 11 is 3.30. The number of rotatable bonds is 7. The number of halogens is 1. The fraction of sp³-hybridized carbons (Fsp3) is 0.250. The third-order valence-electron chi connectivity index (χ3n) is 4.42. The van der Waals surface area contributed by atoms with Gasteiger partial charge in [-0.25, -0.2) is 0 Å². The van der Waals surface area contributed by atoms with Crippen LogP contribution < -0.4 is 0 Å². The van der Waals surface area contributed by atoms with Crippen LogP contribution in [0.25, 0.3) is 0 Å². The average molecular weight is 431 g/mol. The summed E-state index contributed by atoms with van der Waals surface area (Å²) in [7, 11) is 0. The lowest BCUT2D eigenvalue weighted by atomic mass is 10.1. The summed E-state index contributed by atoms with van der Waals surface area (Å²) in [6.07, 6.45) is 0.0134. The van der Waals surface area contributed by atoms with E-state index >= 15 is 0 Å². The number of amides is 3. The van der Waals surface area contributed by atoms with Gasteiger partial charge in [-0.3, -0.25) is 19.3 Å². The van der Waals surface area contributed by atoms with Crippen LogP contribution in [0.1, 0.15) is 32.7 Å². The predicted molar refractivity (Wildman–Crippen MR) is 103 cm³/mol. The number of hydrogen-bond donors (Lipinski definition) is 1. The Morgan fingerprint density at radius 1 is 1.04 bits per heavy atom. The van der Waals surface area contributed by atoms with Crippen LogP contribution in [0.15, 0.2) is 53.0 Å². The maximum atomic E-state index is 12.6. The highest BCUT2D eigenvalue weighted by atomic mass is 79.9. The van der Waals surface area contributed by atoms with Crippen molar-refractivity contribution in [2.45, 2.75) is 13.0 Å². The lowest BCUT2D eigenvalue weighted by Gasteiger charge is -2.23. The van der Waals surface area contributed by atoms with Gasteiger partial charge in [-0.1, -0.05) is 46.3 Å². The van der Waals surface area contributed by atoms with Gasteiger partial charge in [0.25, 0.3) is 11.8 Å². The van der Waals surface area contributed by atoms with E-state index in [1.54, 1.807) is 18.2 Å². The molecule has 140 valence electrons. The third kappa shape index (κ3) is 4.26. The van der Waals surface area contributed by atoms with Gasteiger partial charge in [0.05, 0.1) is 17.7 Å². The van der Waals surface area contributed by atoms with E-state index in [0.717, 1.165) is 14.9 Å². The molecule has 1 heterocycles. The topological polar surface area (TPSA) is 77.9 Å². The molecule has 0 atom stereocenters. The molecule has 0 saturated heterocycles. The zero-order valence-corrected chi connectivity index (χ0v) is 16.2. The molecule has 0 fully saturated rings. The molecule has 6 nitrogen and oxygen atoms in total. The molecular weight excluding hydrogens is 412 g/mol. The molecule has 2 aromatic rings. The van der Waals surface area contributed by atoms with Crippen molar-refractivity contribution < 1.29 is 19.5 Å². The molecule has 1 N–H and O–H groups in total. The summed E-state index contributed by atoms with van der Waals surface area (Å²) in [6.45, 7) is 0.428. The molecule has 0 radical (unpaired) electrons. The van der Waals surface area contributed by atoms with E-state index in [1.807, 2.05) is 30.3 Å². The molecule has 0 aliphatic carbocycles. The lowest BCUT2D eigenvalue weighted by Crippen LogP contribution is -2.37. The fourth-order valence-electron chi connectivity index (χ4n) is 3.05. The average Bonchev–Trinajstić information content (AvgIpc) is 2.90. The molecule has 0 saturated carbocycles. The largest absolute Gasteiger partial charge is 0.395 e. The predicted octanol–water partition coefficient (Wildman–Crippen LogP) is 2.46.